The number of halogens is 2. The molecule has 204 valence electrons. The number of rotatable bonds is 4. The minimum absolute atomic E-state index is 0. The largest absolute Gasteiger partial charge is 1.00 e. The van der Waals surface area contributed by atoms with Crippen LogP contribution < -0.4 is 32.9 Å². The van der Waals surface area contributed by atoms with Gasteiger partial charge in [-0.15, -0.1) is 0 Å². The Balaban J connectivity index is 0.000000161. The second-order valence-electron chi connectivity index (χ2n) is 10.3. The zero-order chi connectivity index (χ0) is 27.5. The number of aromatic nitrogens is 1. The summed E-state index contributed by atoms with van der Waals surface area (Å²) in [7, 11) is -1.53. The van der Waals surface area contributed by atoms with Gasteiger partial charge in [-0.3, -0.25) is 0 Å². The minimum Gasteiger partial charge on any atom is -1.00 e. The summed E-state index contributed by atoms with van der Waals surface area (Å²) < 4.78 is 2.22. The molecule has 0 saturated carbocycles. The molecule has 0 spiro atoms. The molecule has 7 rings (SSSR count). The molecular weight excluding hydrogens is 605 g/mol. The van der Waals surface area contributed by atoms with E-state index in [1.54, 1.807) is 0 Å². The smallest absolute Gasteiger partial charge is 0.109 e. The molecule has 4 heteroatoms. The van der Waals surface area contributed by atoms with E-state index in [-0.39, 0.29) is 17.0 Å². The van der Waals surface area contributed by atoms with E-state index in [0.717, 1.165) is 17.9 Å². The van der Waals surface area contributed by atoms with E-state index >= 15 is 0 Å². The van der Waals surface area contributed by atoms with Crippen LogP contribution >= 0.6 is 18.9 Å². The first kappa shape index (κ1) is 29.1. The number of pyridine rings is 1. The van der Waals surface area contributed by atoms with Crippen molar-refractivity contribution < 1.29 is 17.0 Å². The van der Waals surface area contributed by atoms with Crippen LogP contribution in [0, 0.1) is 0 Å². The Morgan fingerprint density at radius 1 is 0.634 bits per heavy atom. The summed E-state index contributed by atoms with van der Waals surface area (Å²) in [6, 6.07) is 45.0. The molecule has 1 nitrogen and oxygen atoms in total. The molecule has 0 amide bonds. The van der Waals surface area contributed by atoms with Crippen LogP contribution in [0.3, 0.4) is 0 Å². The van der Waals surface area contributed by atoms with Crippen molar-refractivity contribution in [2.75, 3.05) is 6.66 Å². The molecule has 0 saturated heterocycles. The van der Waals surface area contributed by atoms with Gasteiger partial charge >= 0.3 is 0 Å². The highest BCUT2D eigenvalue weighted by Crippen LogP contribution is 2.51. The first-order valence-corrected chi connectivity index (χ1v) is 16.3. The number of benzene rings is 4. The lowest BCUT2D eigenvalue weighted by atomic mass is 9.89. The number of allylic oxidation sites excluding steroid dienone is 1. The number of hydrogen-bond donors (Lipinski definition) is 0. The molecule has 0 atom stereocenters. The third-order valence-corrected chi connectivity index (χ3v) is 12.2. The van der Waals surface area contributed by atoms with Gasteiger partial charge in [-0.1, -0.05) is 91.0 Å². The summed E-state index contributed by atoms with van der Waals surface area (Å²) >= 11 is 5.99. The lowest BCUT2D eigenvalue weighted by molar-refractivity contribution is -0.00000765. The zero-order valence-corrected chi connectivity index (χ0v) is 26.3. The van der Waals surface area contributed by atoms with Crippen molar-refractivity contribution in [3.8, 4) is 11.1 Å². The molecule has 0 radical (unpaired) electrons. The molecule has 0 unspecified atom stereocenters. The van der Waals surface area contributed by atoms with Crippen LogP contribution in [0.4, 0.5) is 0 Å². The van der Waals surface area contributed by atoms with Crippen molar-refractivity contribution in [2.45, 2.75) is 12.8 Å². The molecule has 0 fully saturated rings. The van der Waals surface area contributed by atoms with Gasteiger partial charge < -0.3 is 21.4 Å². The highest BCUT2D eigenvalue weighted by atomic mass is 79.9. The van der Waals surface area contributed by atoms with Gasteiger partial charge in [0.25, 0.3) is 0 Å². The molecule has 2 heterocycles. The van der Waals surface area contributed by atoms with E-state index in [1.165, 1.54) is 49.3 Å². The second kappa shape index (κ2) is 12.6. The third-order valence-electron chi connectivity index (χ3n) is 7.93. The molecule has 0 bridgehead atoms. The van der Waals surface area contributed by atoms with Gasteiger partial charge in [0.15, 0.2) is 0 Å². The van der Waals surface area contributed by atoms with E-state index in [1.807, 2.05) is 12.1 Å². The van der Waals surface area contributed by atoms with Gasteiger partial charge in [-0.2, -0.15) is 0 Å². The normalized spacial score (nSPS) is 12.3. The highest BCUT2D eigenvalue weighted by molar-refractivity contribution is 7.95. The first-order chi connectivity index (χ1) is 19.6. The number of nitrogens with zero attached hydrogens (tertiary/aromatic N) is 1. The molecule has 1 aliphatic carbocycles. The minimum atomic E-state index is -1.53. The molecular formula is C37H32BrClNP. The number of aryl methyl sites for hydroxylation is 1. The molecule has 1 aliphatic rings. The van der Waals surface area contributed by atoms with E-state index in [9.17, 15) is 0 Å². The van der Waals surface area contributed by atoms with Crippen LogP contribution in [0.15, 0.2) is 146 Å². The average Bonchev–Trinajstić information content (AvgIpc) is 3.40. The average molecular weight is 637 g/mol. The summed E-state index contributed by atoms with van der Waals surface area (Å²) in [4.78, 5) is 0. The van der Waals surface area contributed by atoms with Gasteiger partial charge in [0.1, 0.15) is 23.2 Å². The SMILES string of the molecule is C=C1CCc2c(-c3ccc(Cl)cc3)cn3cccc1c23.C[P+](c1ccccc1)(c1ccccc1)c1ccccc1.[Br-]. The van der Waals surface area contributed by atoms with Crippen LogP contribution in [-0.4, -0.2) is 11.1 Å². The van der Waals surface area contributed by atoms with E-state index in [4.69, 9.17) is 11.6 Å². The summed E-state index contributed by atoms with van der Waals surface area (Å²) in [5.41, 5.74) is 7.80. The van der Waals surface area contributed by atoms with Gasteiger partial charge in [0.05, 0.1) is 12.2 Å². The summed E-state index contributed by atoms with van der Waals surface area (Å²) in [5, 5.41) is 5.06. The Hall–Kier alpha value is -3.42. The van der Waals surface area contributed by atoms with Crippen LogP contribution in [-0.2, 0) is 6.42 Å². The quantitative estimate of drug-likeness (QED) is 0.215. The van der Waals surface area contributed by atoms with E-state index in [2.05, 4.69) is 145 Å². The Morgan fingerprint density at radius 3 is 1.66 bits per heavy atom. The van der Waals surface area contributed by atoms with Crippen molar-refractivity contribution in [1.29, 1.82) is 0 Å². The number of hydrogen-bond acceptors (Lipinski definition) is 0. The maximum Gasteiger partial charge on any atom is 0.109 e. The van der Waals surface area contributed by atoms with Gasteiger partial charge in [0.2, 0.25) is 0 Å². The van der Waals surface area contributed by atoms with Crippen LogP contribution in [0.5, 0.6) is 0 Å². The van der Waals surface area contributed by atoms with Crippen LogP contribution in [0.25, 0.3) is 22.2 Å². The lowest BCUT2D eigenvalue weighted by Crippen LogP contribution is -3.00. The Morgan fingerprint density at radius 2 is 1.15 bits per heavy atom. The maximum absolute atomic E-state index is 5.99. The molecule has 0 aliphatic heterocycles. The van der Waals surface area contributed by atoms with Crippen molar-refractivity contribution >= 4 is 45.9 Å². The standard InChI is InChI=1S/C19H18P.C18H14ClN.BrH/c1-20(17-11-5-2-6-12-17,18-13-7-3-8-14-18)19-15-9-4-10-16-19;1-12-4-9-16-17(13-5-7-14(19)8-6-13)11-20-10-2-3-15(12)18(16)20;/h2-16H,1H3;2-3,5-8,10-11H,1,4,9H2;1H/q+1;;/p-1. The van der Waals surface area contributed by atoms with Crippen molar-refractivity contribution in [1.82, 2.24) is 4.40 Å². The third kappa shape index (κ3) is 5.70. The predicted molar refractivity (Wildman–Crippen MR) is 176 cm³/mol. The highest BCUT2D eigenvalue weighted by Gasteiger charge is 2.39. The first-order valence-electron chi connectivity index (χ1n) is 13.7. The van der Waals surface area contributed by atoms with Gasteiger partial charge in [0, 0.05) is 28.5 Å². The van der Waals surface area contributed by atoms with Crippen LogP contribution in [0.2, 0.25) is 5.02 Å². The topological polar surface area (TPSA) is 4.41 Å². The molecule has 6 aromatic rings. The fraction of sp³-hybridized carbons (Fsp3) is 0.0811. The Bertz CT molecular complexity index is 1660. The monoisotopic (exact) mass is 635 g/mol. The lowest BCUT2D eigenvalue weighted by Gasteiger charge is -2.22. The summed E-state index contributed by atoms with van der Waals surface area (Å²) in [6.45, 7) is 6.61. The van der Waals surface area contributed by atoms with Crippen molar-refractivity contribution in [3.05, 3.63) is 163 Å². The summed E-state index contributed by atoms with van der Waals surface area (Å²) in [6.07, 6.45) is 6.43. The molecule has 4 aromatic carbocycles. The van der Waals surface area contributed by atoms with Gasteiger partial charge in [-0.05, 0) is 84.1 Å². The molecule has 41 heavy (non-hydrogen) atoms. The Kier molecular flexibility index (Phi) is 8.95. The predicted octanol–water partition coefficient (Wildman–Crippen LogP) is 5.83. The van der Waals surface area contributed by atoms with Crippen molar-refractivity contribution in [2.24, 2.45) is 0 Å². The fourth-order valence-corrected chi connectivity index (χ4v) is 9.07. The van der Waals surface area contributed by atoms with E-state index in [0.29, 0.717) is 0 Å². The maximum atomic E-state index is 5.99. The summed E-state index contributed by atoms with van der Waals surface area (Å²) in [5.74, 6) is 0. The second-order valence-corrected chi connectivity index (χ2v) is 14.3. The Labute approximate surface area is 259 Å². The molecule has 0 N–H and O–H groups in total. The van der Waals surface area contributed by atoms with Crippen molar-refractivity contribution in [3.63, 3.8) is 0 Å². The van der Waals surface area contributed by atoms with Crippen LogP contribution in [0.1, 0.15) is 17.5 Å². The van der Waals surface area contributed by atoms with Gasteiger partial charge in [-0.25, -0.2) is 0 Å². The van der Waals surface area contributed by atoms with E-state index < -0.39 is 7.26 Å². The zero-order valence-electron chi connectivity index (χ0n) is 23.1. The molecule has 2 aromatic heterocycles. The fourth-order valence-electron chi connectivity index (χ4n) is 5.75.